The Balaban J connectivity index is 1.91. The smallest absolute Gasteiger partial charge is 0.355 e. The lowest BCUT2D eigenvalue weighted by atomic mass is 10.1. The number of Topliss-reactive ketones (excluding diaryl/α,β-unsaturated/α-hetero) is 2. The van der Waals surface area contributed by atoms with Gasteiger partial charge in [-0.1, -0.05) is 6.07 Å². The van der Waals surface area contributed by atoms with Gasteiger partial charge in [0.15, 0.2) is 12.4 Å². The first-order chi connectivity index (χ1) is 12.8. The zero-order chi connectivity index (χ0) is 20.0. The number of nitrogens with one attached hydrogen (secondary N) is 1. The van der Waals surface area contributed by atoms with Crippen molar-refractivity contribution in [1.29, 1.82) is 0 Å². The summed E-state index contributed by atoms with van der Waals surface area (Å²) < 4.78 is 9.93. The summed E-state index contributed by atoms with van der Waals surface area (Å²) in [6.45, 7) is 4.75. The van der Waals surface area contributed by atoms with E-state index in [1.165, 1.54) is 11.3 Å². The van der Waals surface area contributed by atoms with Crippen LogP contribution in [0.15, 0.2) is 17.5 Å². The number of carbonyl (C=O) groups excluding carboxylic acids is 4. The summed E-state index contributed by atoms with van der Waals surface area (Å²) in [5.41, 5.74) is 1.48. The van der Waals surface area contributed by atoms with E-state index in [1.54, 1.807) is 38.3 Å². The average molecular weight is 391 g/mol. The molecular formula is C19H21NO6S. The molecule has 0 bridgehead atoms. The summed E-state index contributed by atoms with van der Waals surface area (Å²) >= 11 is 1.31. The molecule has 0 atom stereocenters. The molecule has 144 valence electrons. The molecule has 27 heavy (non-hydrogen) atoms. The monoisotopic (exact) mass is 391 g/mol. The Morgan fingerprint density at radius 2 is 1.81 bits per heavy atom. The average Bonchev–Trinajstić information content (AvgIpc) is 3.26. The van der Waals surface area contributed by atoms with E-state index in [1.807, 2.05) is 0 Å². The molecule has 2 aromatic heterocycles. The molecular weight excluding hydrogens is 370 g/mol. The molecule has 0 saturated heterocycles. The van der Waals surface area contributed by atoms with E-state index in [9.17, 15) is 19.2 Å². The van der Waals surface area contributed by atoms with Crippen LogP contribution in [0.2, 0.25) is 0 Å². The van der Waals surface area contributed by atoms with E-state index in [0.29, 0.717) is 21.7 Å². The maximum Gasteiger partial charge on any atom is 0.355 e. The van der Waals surface area contributed by atoms with Gasteiger partial charge in [0.25, 0.3) is 0 Å². The SMILES string of the molecule is CCOC(=O)c1[nH]c(C)c(C(=O)COC(=O)CCC(=O)c2cccs2)c1C. The molecule has 0 spiro atoms. The van der Waals surface area contributed by atoms with Gasteiger partial charge in [-0.15, -0.1) is 11.3 Å². The molecule has 2 rings (SSSR count). The van der Waals surface area contributed by atoms with Crippen LogP contribution in [-0.2, 0) is 14.3 Å². The van der Waals surface area contributed by atoms with Crippen LogP contribution < -0.4 is 0 Å². The first kappa shape index (κ1) is 20.6. The summed E-state index contributed by atoms with van der Waals surface area (Å²) in [5.74, 6) is -1.72. The summed E-state index contributed by atoms with van der Waals surface area (Å²) in [5, 5.41) is 1.79. The number of ketones is 2. The maximum atomic E-state index is 12.4. The lowest BCUT2D eigenvalue weighted by molar-refractivity contribution is -0.142. The molecule has 8 heteroatoms. The molecule has 7 nitrogen and oxygen atoms in total. The van der Waals surface area contributed by atoms with Gasteiger partial charge in [0, 0.05) is 17.7 Å². The van der Waals surface area contributed by atoms with Crippen molar-refractivity contribution in [2.24, 2.45) is 0 Å². The normalized spacial score (nSPS) is 10.5. The second kappa shape index (κ2) is 9.27. The highest BCUT2D eigenvalue weighted by Crippen LogP contribution is 2.20. The third kappa shape index (κ3) is 5.13. The van der Waals surface area contributed by atoms with Gasteiger partial charge < -0.3 is 14.5 Å². The number of H-pyrrole nitrogens is 1. The molecule has 2 aromatic rings. The molecule has 0 fully saturated rings. The standard InChI is InChI=1S/C19H21NO6S/c1-4-25-19(24)18-11(2)17(12(3)20-18)14(22)10-26-16(23)8-7-13(21)15-6-5-9-27-15/h5-6,9,20H,4,7-8,10H2,1-3H3. The molecule has 0 aliphatic heterocycles. The van der Waals surface area contributed by atoms with E-state index in [0.717, 1.165) is 0 Å². The molecule has 0 saturated carbocycles. The first-order valence-electron chi connectivity index (χ1n) is 8.47. The molecule has 0 radical (unpaired) electrons. The predicted octanol–water partition coefficient (Wildman–Crippen LogP) is 3.26. The summed E-state index contributed by atoms with van der Waals surface area (Å²) in [6, 6.07) is 3.46. The van der Waals surface area contributed by atoms with Crippen molar-refractivity contribution in [3.05, 3.63) is 44.9 Å². The molecule has 0 unspecified atom stereocenters. The van der Waals surface area contributed by atoms with Crippen molar-refractivity contribution in [2.75, 3.05) is 13.2 Å². The number of aryl methyl sites for hydroxylation is 1. The topological polar surface area (TPSA) is 103 Å². The van der Waals surface area contributed by atoms with Gasteiger partial charge in [0.05, 0.1) is 17.9 Å². The van der Waals surface area contributed by atoms with Gasteiger partial charge in [-0.2, -0.15) is 0 Å². The summed E-state index contributed by atoms with van der Waals surface area (Å²) in [4.78, 5) is 51.4. The Bertz CT molecular complexity index is 850. The Labute approximate surface area is 160 Å². The Kier molecular flexibility index (Phi) is 7.06. The van der Waals surface area contributed by atoms with E-state index >= 15 is 0 Å². The van der Waals surface area contributed by atoms with Crippen LogP contribution in [0.5, 0.6) is 0 Å². The third-order valence-corrected chi connectivity index (χ3v) is 4.82. The van der Waals surface area contributed by atoms with E-state index in [4.69, 9.17) is 9.47 Å². The zero-order valence-corrected chi connectivity index (χ0v) is 16.2. The highest BCUT2D eigenvalue weighted by Gasteiger charge is 2.23. The summed E-state index contributed by atoms with van der Waals surface area (Å²) in [7, 11) is 0. The van der Waals surface area contributed by atoms with Crippen LogP contribution >= 0.6 is 11.3 Å². The van der Waals surface area contributed by atoms with Gasteiger partial charge in [-0.25, -0.2) is 4.79 Å². The van der Waals surface area contributed by atoms with E-state index < -0.39 is 24.3 Å². The largest absolute Gasteiger partial charge is 0.461 e. The fraction of sp³-hybridized carbons (Fsp3) is 0.368. The number of ether oxygens (including phenoxy) is 2. The molecule has 2 heterocycles. The third-order valence-electron chi connectivity index (χ3n) is 3.91. The second-order valence-corrected chi connectivity index (χ2v) is 6.78. The van der Waals surface area contributed by atoms with Crippen molar-refractivity contribution in [3.8, 4) is 0 Å². The number of thiophene rings is 1. The second-order valence-electron chi connectivity index (χ2n) is 5.83. The minimum atomic E-state index is -0.621. The Hall–Kier alpha value is -2.74. The summed E-state index contributed by atoms with van der Waals surface area (Å²) in [6.07, 6.45) is -0.0635. The fourth-order valence-electron chi connectivity index (χ4n) is 2.64. The van der Waals surface area contributed by atoms with Crippen LogP contribution in [-0.4, -0.2) is 41.7 Å². The molecule has 0 aromatic carbocycles. The highest BCUT2D eigenvalue weighted by molar-refractivity contribution is 7.12. The predicted molar refractivity (Wildman–Crippen MR) is 99.4 cm³/mol. The van der Waals surface area contributed by atoms with Gasteiger partial charge in [0.1, 0.15) is 5.69 Å². The van der Waals surface area contributed by atoms with Crippen LogP contribution in [0.25, 0.3) is 0 Å². The highest BCUT2D eigenvalue weighted by atomic mass is 32.1. The van der Waals surface area contributed by atoms with Crippen molar-refractivity contribution in [3.63, 3.8) is 0 Å². The lowest BCUT2D eigenvalue weighted by Crippen LogP contribution is -2.16. The Morgan fingerprint density at radius 3 is 2.44 bits per heavy atom. The van der Waals surface area contributed by atoms with Crippen LogP contribution in [0, 0.1) is 13.8 Å². The van der Waals surface area contributed by atoms with Gasteiger partial charge in [-0.3, -0.25) is 14.4 Å². The van der Waals surface area contributed by atoms with Crippen molar-refractivity contribution >= 4 is 34.8 Å². The van der Waals surface area contributed by atoms with Crippen LogP contribution in [0.4, 0.5) is 0 Å². The number of hydrogen-bond donors (Lipinski definition) is 1. The minimum Gasteiger partial charge on any atom is -0.461 e. The van der Waals surface area contributed by atoms with Crippen molar-refractivity contribution in [2.45, 2.75) is 33.6 Å². The van der Waals surface area contributed by atoms with Crippen molar-refractivity contribution in [1.82, 2.24) is 4.98 Å². The molecule has 1 N–H and O–H groups in total. The number of aromatic nitrogens is 1. The number of carbonyl (C=O) groups is 4. The number of rotatable bonds is 9. The molecule has 0 aliphatic rings. The van der Waals surface area contributed by atoms with Gasteiger partial charge in [0.2, 0.25) is 5.78 Å². The van der Waals surface area contributed by atoms with Gasteiger partial charge >= 0.3 is 11.9 Å². The minimum absolute atomic E-state index is 0.0305. The van der Waals surface area contributed by atoms with E-state index in [-0.39, 0.29) is 30.9 Å². The zero-order valence-electron chi connectivity index (χ0n) is 15.4. The lowest BCUT2D eigenvalue weighted by Gasteiger charge is -2.05. The quantitative estimate of drug-likeness (QED) is 0.520. The first-order valence-corrected chi connectivity index (χ1v) is 9.34. The maximum absolute atomic E-state index is 12.4. The van der Waals surface area contributed by atoms with Gasteiger partial charge in [-0.05, 0) is 37.8 Å². The molecule has 0 aliphatic carbocycles. The van der Waals surface area contributed by atoms with E-state index in [2.05, 4.69) is 4.98 Å². The number of aromatic amines is 1. The van der Waals surface area contributed by atoms with Crippen LogP contribution in [0.1, 0.15) is 61.5 Å². The number of hydrogen-bond acceptors (Lipinski definition) is 7. The van der Waals surface area contributed by atoms with Crippen molar-refractivity contribution < 1.29 is 28.7 Å². The Morgan fingerprint density at radius 1 is 1.07 bits per heavy atom. The van der Waals surface area contributed by atoms with Crippen LogP contribution in [0.3, 0.4) is 0 Å². The molecule has 0 amide bonds. The fourth-order valence-corrected chi connectivity index (χ4v) is 3.34. The number of esters is 2.